The van der Waals surface area contributed by atoms with Crippen LogP contribution in [0.2, 0.25) is 0 Å². The van der Waals surface area contributed by atoms with Crippen molar-refractivity contribution in [3.63, 3.8) is 0 Å². The first-order chi connectivity index (χ1) is 15.0. The number of carbonyl (C=O) groups excluding carboxylic acids is 2. The topological polar surface area (TPSA) is 61.8 Å². The van der Waals surface area contributed by atoms with Crippen LogP contribution in [0.1, 0.15) is 78.1 Å². The maximum Gasteiger partial charge on any atom is 0.305 e. The first kappa shape index (κ1) is 25.8. The molecule has 0 amide bonds. The third-order valence-corrected chi connectivity index (χ3v) is 6.73. The number of allylic oxidation sites excluding steroid dienone is 3. The van der Waals surface area contributed by atoms with Crippen LogP contribution in [0.25, 0.3) is 0 Å². The van der Waals surface area contributed by atoms with Gasteiger partial charge in [-0.05, 0) is 63.4 Å². The second-order valence-corrected chi connectivity index (χ2v) is 9.09. The molecule has 0 aromatic carbocycles. The van der Waals surface area contributed by atoms with Gasteiger partial charge in [-0.3, -0.25) is 9.59 Å². The van der Waals surface area contributed by atoms with E-state index >= 15 is 0 Å². The molecule has 0 radical (unpaired) electrons. The second kappa shape index (κ2) is 13.8. The molecule has 2 aliphatic carbocycles. The highest BCUT2D eigenvalue weighted by atomic mass is 16.5. The molecule has 5 heteroatoms. The fraction of sp³-hybridized carbons (Fsp3) is 0.769. The van der Waals surface area contributed by atoms with Crippen LogP contribution in [-0.2, 0) is 23.8 Å². The van der Waals surface area contributed by atoms with Gasteiger partial charge in [0.1, 0.15) is 0 Å². The van der Waals surface area contributed by atoms with E-state index in [0.29, 0.717) is 31.3 Å². The molecule has 2 saturated carbocycles. The highest BCUT2D eigenvalue weighted by molar-refractivity contribution is 5.89. The molecule has 5 atom stereocenters. The molecule has 31 heavy (non-hydrogen) atoms. The molecule has 0 N–H and O–H groups in total. The summed E-state index contributed by atoms with van der Waals surface area (Å²) < 4.78 is 16.4. The number of hydrogen-bond donors (Lipinski definition) is 0. The van der Waals surface area contributed by atoms with Gasteiger partial charge in [-0.1, -0.05) is 37.5 Å². The van der Waals surface area contributed by atoms with E-state index in [2.05, 4.69) is 26.0 Å². The Bertz CT molecular complexity index is 623. The summed E-state index contributed by atoms with van der Waals surface area (Å²) in [7, 11) is 3.14. The third kappa shape index (κ3) is 8.19. The average Bonchev–Trinajstić information content (AvgIpc) is 3.28. The standard InChI is InChI=1S/C26H42O5/c1-5-6-7-11-21(27)14-16-23-22-15-13-20(10-8-9-12-26(28)30-4)24(22)17-25(23)31-19(2)18-29-3/h10,14,16,19,22-25H,5-9,11-13,15,17-18H2,1-4H3/t19?,22-,23+,24+,25+/m1/s1. The fourth-order valence-electron chi connectivity index (χ4n) is 5.19. The predicted molar refractivity (Wildman–Crippen MR) is 123 cm³/mol. The highest BCUT2D eigenvalue weighted by Gasteiger charge is 2.47. The summed E-state index contributed by atoms with van der Waals surface area (Å²) in [6.45, 7) is 4.79. The Kier molecular flexibility index (Phi) is 11.5. The first-order valence-electron chi connectivity index (χ1n) is 12.1. The molecule has 2 aliphatic rings. The number of unbranched alkanes of at least 4 members (excludes halogenated alkanes) is 3. The molecule has 0 saturated heterocycles. The van der Waals surface area contributed by atoms with E-state index in [1.54, 1.807) is 7.11 Å². The van der Waals surface area contributed by atoms with Crippen molar-refractivity contribution in [3.8, 4) is 0 Å². The summed E-state index contributed by atoms with van der Waals surface area (Å²) in [5.41, 5.74) is 1.51. The van der Waals surface area contributed by atoms with Crippen LogP contribution in [0.5, 0.6) is 0 Å². The smallest absolute Gasteiger partial charge is 0.305 e. The number of rotatable bonds is 14. The van der Waals surface area contributed by atoms with Gasteiger partial charge < -0.3 is 14.2 Å². The summed E-state index contributed by atoms with van der Waals surface area (Å²) in [4.78, 5) is 23.7. The van der Waals surface area contributed by atoms with Crippen LogP contribution in [0.3, 0.4) is 0 Å². The number of esters is 1. The zero-order valence-electron chi connectivity index (χ0n) is 19.9. The van der Waals surface area contributed by atoms with Crippen molar-refractivity contribution in [2.45, 2.75) is 90.3 Å². The van der Waals surface area contributed by atoms with Gasteiger partial charge in [0.05, 0.1) is 25.9 Å². The van der Waals surface area contributed by atoms with Crippen LogP contribution in [0.4, 0.5) is 0 Å². The molecule has 2 fully saturated rings. The summed E-state index contributed by atoms with van der Waals surface area (Å²) >= 11 is 0. The normalized spacial score (nSPS) is 27.7. The lowest BCUT2D eigenvalue weighted by molar-refractivity contribution is -0.140. The number of ketones is 1. The van der Waals surface area contributed by atoms with E-state index in [4.69, 9.17) is 14.2 Å². The van der Waals surface area contributed by atoms with E-state index in [1.807, 2.05) is 6.08 Å². The molecular formula is C26H42O5. The number of fused-ring (bicyclic) bond motifs is 1. The number of carbonyl (C=O) groups is 2. The molecule has 0 aromatic heterocycles. The molecule has 0 aliphatic heterocycles. The zero-order chi connectivity index (χ0) is 22.6. The van der Waals surface area contributed by atoms with Crippen molar-refractivity contribution in [1.29, 1.82) is 0 Å². The second-order valence-electron chi connectivity index (χ2n) is 9.09. The van der Waals surface area contributed by atoms with Crippen LogP contribution in [0.15, 0.2) is 23.8 Å². The van der Waals surface area contributed by atoms with Gasteiger partial charge in [-0.2, -0.15) is 0 Å². The van der Waals surface area contributed by atoms with E-state index in [-0.39, 0.29) is 29.9 Å². The molecule has 0 aromatic rings. The van der Waals surface area contributed by atoms with Crippen LogP contribution < -0.4 is 0 Å². The maximum atomic E-state index is 12.3. The van der Waals surface area contributed by atoms with Crippen molar-refractivity contribution >= 4 is 11.8 Å². The molecule has 2 rings (SSSR count). The Morgan fingerprint density at radius 2 is 1.97 bits per heavy atom. The third-order valence-electron chi connectivity index (χ3n) is 6.73. The van der Waals surface area contributed by atoms with Crippen LogP contribution in [-0.4, -0.2) is 44.8 Å². The van der Waals surface area contributed by atoms with Gasteiger partial charge in [0.15, 0.2) is 5.78 Å². The van der Waals surface area contributed by atoms with Crippen molar-refractivity contribution in [2.24, 2.45) is 17.8 Å². The Hall–Kier alpha value is -1.46. The van der Waals surface area contributed by atoms with Crippen molar-refractivity contribution < 1.29 is 23.8 Å². The quantitative estimate of drug-likeness (QED) is 0.158. The lowest BCUT2D eigenvalue weighted by Gasteiger charge is -2.24. The predicted octanol–water partition coefficient (Wildman–Crippen LogP) is 5.43. The Labute approximate surface area is 188 Å². The summed E-state index contributed by atoms with van der Waals surface area (Å²) in [6.07, 6.45) is 15.8. The Morgan fingerprint density at radius 1 is 1.16 bits per heavy atom. The van der Waals surface area contributed by atoms with Gasteiger partial charge in [-0.15, -0.1) is 0 Å². The van der Waals surface area contributed by atoms with Gasteiger partial charge >= 0.3 is 5.97 Å². The molecular weight excluding hydrogens is 392 g/mol. The summed E-state index contributed by atoms with van der Waals surface area (Å²) in [6, 6.07) is 0. The van der Waals surface area contributed by atoms with E-state index < -0.39 is 0 Å². The maximum absolute atomic E-state index is 12.3. The van der Waals surface area contributed by atoms with Crippen LogP contribution >= 0.6 is 0 Å². The number of hydrogen-bond acceptors (Lipinski definition) is 5. The van der Waals surface area contributed by atoms with Crippen molar-refractivity contribution in [1.82, 2.24) is 0 Å². The Balaban J connectivity index is 2.02. The van der Waals surface area contributed by atoms with Crippen LogP contribution in [0, 0.1) is 17.8 Å². The van der Waals surface area contributed by atoms with Gasteiger partial charge in [0.2, 0.25) is 0 Å². The monoisotopic (exact) mass is 434 g/mol. The molecule has 0 bridgehead atoms. The van der Waals surface area contributed by atoms with Crippen molar-refractivity contribution in [3.05, 3.63) is 23.8 Å². The molecule has 1 unspecified atom stereocenters. The molecule has 176 valence electrons. The number of ether oxygens (including phenoxy) is 3. The molecule has 0 heterocycles. The minimum Gasteiger partial charge on any atom is -0.469 e. The van der Waals surface area contributed by atoms with Gasteiger partial charge in [-0.25, -0.2) is 0 Å². The highest BCUT2D eigenvalue weighted by Crippen LogP contribution is 2.52. The molecule has 0 spiro atoms. The fourth-order valence-corrected chi connectivity index (χ4v) is 5.19. The summed E-state index contributed by atoms with van der Waals surface area (Å²) in [5.74, 6) is 1.42. The minimum absolute atomic E-state index is 0.0393. The average molecular weight is 435 g/mol. The van der Waals surface area contributed by atoms with E-state index in [1.165, 1.54) is 12.7 Å². The summed E-state index contributed by atoms with van der Waals surface area (Å²) in [5, 5.41) is 0. The van der Waals surface area contributed by atoms with E-state index in [9.17, 15) is 9.59 Å². The molecule has 5 nitrogen and oxygen atoms in total. The van der Waals surface area contributed by atoms with Gasteiger partial charge in [0, 0.05) is 25.9 Å². The SMILES string of the molecule is CCCCCC(=O)C=C[C@H]1[C@H]2CCC(=CCCCC(=O)OC)[C@@H]2C[C@@H]1OC(C)COC. The minimum atomic E-state index is -0.141. The first-order valence-corrected chi connectivity index (χ1v) is 12.1. The lowest BCUT2D eigenvalue weighted by atomic mass is 9.89. The van der Waals surface area contributed by atoms with Crippen molar-refractivity contribution in [2.75, 3.05) is 20.8 Å². The largest absolute Gasteiger partial charge is 0.469 e. The van der Waals surface area contributed by atoms with E-state index in [0.717, 1.165) is 51.4 Å². The van der Waals surface area contributed by atoms with Gasteiger partial charge in [0.25, 0.3) is 0 Å². The lowest BCUT2D eigenvalue weighted by Crippen LogP contribution is -2.27. The zero-order valence-corrected chi connectivity index (χ0v) is 19.9. The number of methoxy groups -OCH3 is 2. The Morgan fingerprint density at radius 3 is 2.68 bits per heavy atom.